The number of halogens is 3. The number of ether oxygens (including phenoxy) is 1. The van der Waals surface area contributed by atoms with E-state index in [0.29, 0.717) is 11.8 Å². The summed E-state index contributed by atoms with van der Waals surface area (Å²) in [5.74, 6) is 4.81. The molecule has 2 aromatic rings. The van der Waals surface area contributed by atoms with Gasteiger partial charge in [-0.2, -0.15) is 18.2 Å². The number of anilines is 1. The van der Waals surface area contributed by atoms with Crippen LogP contribution in [0, 0.1) is 6.92 Å². The van der Waals surface area contributed by atoms with Crippen molar-refractivity contribution in [2.75, 3.05) is 5.43 Å². The molecule has 0 saturated carbocycles. The van der Waals surface area contributed by atoms with E-state index < -0.39 is 11.9 Å². The van der Waals surface area contributed by atoms with Crippen LogP contribution in [0.25, 0.3) is 0 Å². The Morgan fingerprint density at radius 3 is 2.55 bits per heavy atom. The lowest BCUT2D eigenvalue weighted by atomic mass is 10.2. The average Bonchev–Trinajstić information content (AvgIpc) is 2.37. The summed E-state index contributed by atoms with van der Waals surface area (Å²) < 4.78 is 43.3. The molecule has 0 spiro atoms. The maximum absolute atomic E-state index is 12.7. The standard InChI is InChI=1S/C12H11F3N4O/c1-7-3-2-4-8(5-7)20-10-6-9(12(13,14)15)17-11(18-10)19-16/h2-6H,16H2,1H3,(H,17,18,19). The highest BCUT2D eigenvalue weighted by atomic mass is 19.4. The minimum Gasteiger partial charge on any atom is -0.439 e. The zero-order chi connectivity index (χ0) is 14.8. The minimum atomic E-state index is -4.61. The second kappa shape index (κ2) is 5.33. The van der Waals surface area contributed by atoms with E-state index in [4.69, 9.17) is 10.6 Å². The van der Waals surface area contributed by atoms with E-state index in [9.17, 15) is 13.2 Å². The van der Waals surface area contributed by atoms with Gasteiger partial charge in [0.05, 0.1) is 0 Å². The highest BCUT2D eigenvalue weighted by molar-refractivity contribution is 5.35. The van der Waals surface area contributed by atoms with Gasteiger partial charge in [-0.3, -0.25) is 5.43 Å². The molecule has 0 aliphatic heterocycles. The summed E-state index contributed by atoms with van der Waals surface area (Å²) in [7, 11) is 0. The van der Waals surface area contributed by atoms with Gasteiger partial charge in [0.25, 0.3) is 0 Å². The van der Waals surface area contributed by atoms with E-state index >= 15 is 0 Å². The fourth-order valence-electron chi connectivity index (χ4n) is 1.49. The predicted molar refractivity (Wildman–Crippen MR) is 66.1 cm³/mol. The topological polar surface area (TPSA) is 73.1 Å². The number of nitrogens with two attached hydrogens (primary N) is 1. The molecule has 1 aromatic heterocycles. The molecule has 0 aliphatic rings. The Kier molecular flexibility index (Phi) is 3.75. The van der Waals surface area contributed by atoms with Crippen LogP contribution >= 0.6 is 0 Å². The van der Waals surface area contributed by atoms with Gasteiger partial charge in [-0.25, -0.2) is 10.8 Å². The molecule has 0 amide bonds. The molecular weight excluding hydrogens is 273 g/mol. The van der Waals surface area contributed by atoms with Gasteiger partial charge in [-0.15, -0.1) is 0 Å². The van der Waals surface area contributed by atoms with E-state index in [2.05, 4.69) is 9.97 Å². The number of aryl methyl sites for hydroxylation is 1. The van der Waals surface area contributed by atoms with Gasteiger partial charge < -0.3 is 4.74 Å². The van der Waals surface area contributed by atoms with E-state index in [-0.39, 0.29) is 11.8 Å². The normalized spacial score (nSPS) is 11.2. The first-order valence-electron chi connectivity index (χ1n) is 5.56. The lowest BCUT2D eigenvalue weighted by molar-refractivity contribution is -0.141. The smallest absolute Gasteiger partial charge is 0.433 e. The average molecular weight is 284 g/mol. The molecule has 8 heteroatoms. The van der Waals surface area contributed by atoms with Crippen LogP contribution in [0.3, 0.4) is 0 Å². The summed E-state index contributed by atoms with van der Waals surface area (Å²) in [6.45, 7) is 1.83. The summed E-state index contributed by atoms with van der Waals surface area (Å²) in [6.07, 6.45) is -4.61. The Hall–Kier alpha value is -2.35. The number of nitrogens with zero attached hydrogens (tertiary/aromatic N) is 2. The van der Waals surface area contributed by atoms with Crippen LogP contribution in [0.2, 0.25) is 0 Å². The van der Waals surface area contributed by atoms with Crippen LogP contribution < -0.4 is 16.0 Å². The maximum Gasteiger partial charge on any atom is 0.433 e. The van der Waals surface area contributed by atoms with Crippen molar-refractivity contribution in [3.63, 3.8) is 0 Å². The Morgan fingerprint density at radius 2 is 1.95 bits per heavy atom. The van der Waals surface area contributed by atoms with Crippen molar-refractivity contribution in [1.29, 1.82) is 0 Å². The van der Waals surface area contributed by atoms with Crippen molar-refractivity contribution in [3.8, 4) is 11.6 Å². The van der Waals surface area contributed by atoms with Gasteiger partial charge in [-0.1, -0.05) is 12.1 Å². The van der Waals surface area contributed by atoms with Crippen LogP contribution in [-0.4, -0.2) is 9.97 Å². The maximum atomic E-state index is 12.7. The van der Waals surface area contributed by atoms with Crippen LogP contribution in [0.1, 0.15) is 11.3 Å². The van der Waals surface area contributed by atoms with Crippen molar-refractivity contribution >= 4 is 5.95 Å². The molecule has 20 heavy (non-hydrogen) atoms. The van der Waals surface area contributed by atoms with Gasteiger partial charge in [0.15, 0.2) is 5.69 Å². The molecule has 0 radical (unpaired) electrons. The van der Waals surface area contributed by atoms with E-state index in [1.807, 2.05) is 18.4 Å². The van der Waals surface area contributed by atoms with Crippen LogP contribution in [0.4, 0.5) is 19.1 Å². The van der Waals surface area contributed by atoms with Gasteiger partial charge in [0.1, 0.15) is 5.75 Å². The van der Waals surface area contributed by atoms with E-state index in [1.54, 1.807) is 18.2 Å². The van der Waals surface area contributed by atoms with Crippen molar-refractivity contribution < 1.29 is 17.9 Å². The summed E-state index contributed by atoms with van der Waals surface area (Å²) in [4.78, 5) is 6.95. The van der Waals surface area contributed by atoms with Gasteiger partial charge in [0, 0.05) is 6.07 Å². The lowest BCUT2D eigenvalue weighted by Crippen LogP contribution is -2.15. The van der Waals surface area contributed by atoms with Gasteiger partial charge in [0.2, 0.25) is 11.8 Å². The molecule has 1 aromatic carbocycles. The van der Waals surface area contributed by atoms with Gasteiger partial charge >= 0.3 is 6.18 Å². The first-order valence-corrected chi connectivity index (χ1v) is 5.56. The first kappa shape index (κ1) is 14.1. The Balaban J connectivity index is 2.36. The number of aromatic nitrogens is 2. The molecule has 1 heterocycles. The number of nitrogens with one attached hydrogen (secondary N) is 1. The zero-order valence-corrected chi connectivity index (χ0v) is 10.4. The second-order valence-corrected chi connectivity index (χ2v) is 3.98. The highest BCUT2D eigenvalue weighted by Crippen LogP contribution is 2.31. The molecule has 0 fully saturated rings. The Morgan fingerprint density at radius 1 is 1.20 bits per heavy atom. The number of alkyl halides is 3. The Bertz CT molecular complexity index is 616. The zero-order valence-electron chi connectivity index (χ0n) is 10.4. The lowest BCUT2D eigenvalue weighted by Gasteiger charge is -2.11. The fraction of sp³-hybridized carbons (Fsp3) is 0.167. The second-order valence-electron chi connectivity index (χ2n) is 3.98. The molecule has 0 aliphatic carbocycles. The van der Waals surface area contributed by atoms with Crippen LogP contribution in [0.5, 0.6) is 11.6 Å². The number of hydrogen-bond acceptors (Lipinski definition) is 5. The van der Waals surface area contributed by atoms with Crippen molar-refractivity contribution in [1.82, 2.24) is 9.97 Å². The van der Waals surface area contributed by atoms with E-state index in [1.165, 1.54) is 0 Å². The highest BCUT2D eigenvalue weighted by Gasteiger charge is 2.34. The molecule has 0 bridgehead atoms. The summed E-state index contributed by atoms with van der Waals surface area (Å²) >= 11 is 0. The summed E-state index contributed by atoms with van der Waals surface area (Å²) in [6, 6.07) is 7.55. The third-order valence-electron chi connectivity index (χ3n) is 2.33. The molecule has 0 saturated heterocycles. The van der Waals surface area contributed by atoms with Crippen molar-refractivity contribution in [2.45, 2.75) is 13.1 Å². The van der Waals surface area contributed by atoms with Crippen LogP contribution in [0.15, 0.2) is 30.3 Å². The fourth-order valence-corrected chi connectivity index (χ4v) is 1.49. The molecule has 106 valence electrons. The molecular formula is C12H11F3N4O. The predicted octanol–water partition coefficient (Wildman–Crippen LogP) is 2.88. The number of hydrogen-bond donors (Lipinski definition) is 2. The van der Waals surface area contributed by atoms with Crippen molar-refractivity contribution in [3.05, 3.63) is 41.6 Å². The SMILES string of the molecule is Cc1cccc(Oc2cc(C(F)(F)F)nc(NN)n2)c1. The largest absolute Gasteiger partial charge is 0.439 e. The third-order valence-corrected chi connectivity index (χ3v) is 2.33. The first-order chi connectivity index (χ1) is 9.38. The minimum absolute atomic E-state index is 0.245. The van der Waals surface area contributed by atoms with E-state index in [0.717, 1.165) is 5.56 Å². The third kappa shape index (κ3) is 3.35. The number of benzene rings is 1. The molecule has 5 nitrogen and oxygen atoms in total. The summed E-state index contributed by atoms with van der Waals surface area (Å²) in [5, 5.41) is 0. The number of rotatable bonds is 3. The molecule has 0 unspecified atom stereocenters. The molecule has 3 N–H and O–H groups in total. The Labute approximate surface area is 112 Å². The number of hydrazine groups is 1. The van der Waals surface area contributed by atoms with Gasteiger partial charge in [-0.05, 0) is 24.6 Å². The number of nitrogen functional groups attached to an aromatic ring is 1. The van der Waals surface area contributed by atoms with Crippen molar-refractivity contribution in [2.24, 2.45) is 5.84 Å². The quantitative estimate of drug-likeness (QED) is 0.669. The summed E-state index contributed by atoms with van der Waals surface area (Å²) in [5.41, 5.74) is 1.75. The molecule has 0 atom stereocenters. The molecule has 2 rings (SSSR count). The van der Waals surface area contributed by atoms with Crippen LogP contribution in [-0.2, 0) is 6.18 Å². The monoisotopic (exact) mass is 284 g/mol.